The summed E-state index contributed by atoms with van der Waals surface area (Å²) in [5, 5.41) is 7.24. The molecule has 0 aliphatic rings. The Morgan fingerprint density at radius 3 is 2.75 bits per heavy atom. The van der Waals surface area contributed by atoms with Crippen molar-refractivity contribution in [2.24, 2.45) is 0 Å². The summed E-state index contributed by atoms with van der Waals surface area (Å²) in [6, 6.07) is 15.3. The number of carbonyl (C=O) groups excluding carboxylic acids is 1. The first kappa shape index (κ1) is 17.1. The predicted octanol–water partition coefficient (Wildman–Crippen LogP) is 3.82. The Kier molecular flexibility index (Phi) is 5.62. The van der Waals surface area contributed by atoms with Gasteiger partial charge in [0.1, 0.15) is 12.7 Å². The number of aromatic nitrogens is 3. The minimum atomic E-state index is -0.199. The van der Waals surface area contributed by atoms with Gasteiger partial charge in [-0.05, 0) is 46.4 Å². The van der Waals surface area contributed by atoms with Crippen molar-refractivity contribution in [2.45, 2.75) is 12.6 Å². The number of carbonyl (C=O) groups is 1. The molecule has 2 aromatic carbocycles. The Labute approximate surface area is 161 Å². The van der Waals surface area contributed by atoms with Crippen LogP contribution in [0, 0.1) is 3.57 Å². The van der Waals surface area contributed by atoms with Gasteiger partial charge in [0.25, 0.3) is 5.91 Å². The number of hydrogen-bond donors (Lipinski definition) is 1. The molecule has 0 aliphatic carbocycles. The monoisotopic (exact) mass is 496 g/mol. The molecule has 3 aromatic rings. The number of nitrogens with one attached hydrogen (secondary N) is 1. The van der Waals surface area contributed by atoms with Crippen LogP contribution in [-0.2, 0) is 6.54 Å². The first-order chi connectivity index (χ1) is 11.6. The molecule has 24 heavy (non-hydrogen) atoms. The Bertz CT molecular complexity index is 824. The van der Waals surface area contributed by atoms with Crippen LogP contribution in [0.2, 0.25) is 0 Å². The minimum Gasteiger partial charge on any atom is -0.343 e. The third-order valence-electron chi connectivity index (χ3n) is 3.52. The second-order valence-corrected chi connectivity index (χ2v) is 7.26. The summed E-state index contributed by atoms with van der Waals surface area (Å²) in [5.74, 6) is -0.116. The molecule has 1 amide bonds. The Balaban J connectivity index is 1.86. The highest BCUT2D eigenvalue weighted by Gasteiger charge is 2.18. The molecule has 3 rings (SSSR count). The van der Waals surface area contributed by atoms with Gasteiger partial charge in [0.15, 0.2) is 0 Å². The molecule has 0 bridgehead atoms. The van der Waals surface area contributed by atoms with E-state index < -0.39 is 0 Å². The summed E-state index contributed by atoms with van der Waals surface area (Å²) in [6.07, 6.45) is 3.13. The van der Waals surface area contributed by atoms with Crippen molar-refractivity contribution < 1.29 is 4.79 Å². The maximum absolute atomic E-state index is 12.7. The maximum atomic E-state index is 12.7. The van der Waals surface area contributed by atoms with Crippen LogP contribution in [0.1, 0.15) is 22.0 Å². The fraction of sp³-hybridized carbons (Fsp3) is 0.118. The molecule has 0 saturated heterocycles. The molecular weight excluding hydrogens is 483 g/mol. The smallest absolute Gasteiger partial charge is 0.252 e. The molecule has 1 aromatic heterocycles. The summed E-state index contributed by atoms with van der Waals surface area (Å²) < 4.78 is 3.49. The highest BCUT2D eigenvalue weighted by atomic mass is 127. The summed E-state index contributed by atoms with van der Waals surface area (Å²) >= 11 is 5.59. The van der Waals surface area contributed by atoms with Gasteiger partial charge in [-0.2, -0.15) is 5.10 Å². The van der Waals surface area contributed by atoms with Crippen molar-refractivity contribution in [1.82, 2.24) is 20.1 Å². The SMILES string of the molecule is O=C(NC(Cn1cncn1)c1ccccc1)c1cc(Br)ccc1I. The molecule has 0 aliphatic heterocycles. The quantitative estimate of drug-likeness (QED) is 0.546. The third kappa shape index (κ3) is 4.21. The van der Waals surface area contributed by atoms with Gasteiger partial charge in [0.2, 0.25) is 0 Å². The van der Waals surface area contributed by atoms with Crippen LogP contribution in [-0.4, -0.2) is 20.7 Å². The van der Waals surface area contributed by atoms with Crippen LogP contribution < -0.4 is 5.32 Å². The van der Waals surface area contributed by atoms with Crippen molar-refractivity contribution in [3.63, 3.8) is 0 Å². The molecule has 1 N–H and O–H groups in total. The van der Waals surface area contributed by atoms with Crippen molar-refractivity contribution in [3.8, 4) is 0 Å². The van der Waals surface area contributed by atoms with E-state index in [9.17, 15) is 4.79 Å². The molecular formula is C17H14BrIN4O. The summed E-state index contributed by atoms with van der Waals surface area (Å²) in [7, 11) is 0. The van der Waals surface area contributed by atoms with E-state index >= 15 is 0 Å². The van der Waals surface area contributed by atoms with Crippen molar-refractivity contribution in [3.05, 3.63) is 80.4 Å². The molecule has 0 spiro atoms. The average molecular weight is 497 g/mol. The fourth-order valence-corrected chi connectivity index (χ4v) is 3.28. The molecule has 1 heterocycles. The van der Waals surface area contributed by atoms with Gasteiger partial charge < -0.3 is 5.32 Å². The predicted molar refractivity (Wildman–Crippen MR) is 104 cm³/mol. The summed E-state index contributed by atoms with van der Waals surface area (Å²) in [5.41, 5.74) is 1.66. The zero-order chi connectivity index (χ0) is 16.9. The zero-order valence-electron chi connectivity index (χ0n) is 12.6. The lowest BCUT2D eigenvalue weighted by atomic mass is 10.1. The zero-order valence-corrected chi connectivity index (χ0v) is 16.3. The molecule has 7 heteroatoms. The number of amides is 1. The standard InChI is InChI=1S/C17H14BrIN4O/c18-13-6-7-15(19)14(8-13)17(24)22-16(9-23-11-20-10-21-23)12-4-2-1-3-5-12/h1-8,10-11,16H,9H2,(H,22,24). The van der Waals surface area contributed by atoms with Gasteiger partial charge in [0.05, 0.1) is 18.2 Å². The normalized spacial score (nSPS) is 11.9. The third-order valence-corrected chi connectivity index (χ3v) is 4.95. The van der Waals surface area contributed by atoms with E-state index in [0.29, 0.717) is 12.1 Å². The molecule has 1 unspecified atom stereocenters. The first-order valence-electron chi connectivity index (χ1n) is 7.27. The molecule has 122 valence electrons. The lowest BCUT2D eigenvalue weighted by molar-refractivity contribution is 0.0931. The largest absolute Gasteiger partial charge is 0.343 e. The lowest BCUT2D eigenvalue weighted by Gasteiger charge is -2.19. The Morgan fingerprint density at radius 1 is 1.25 bits per heavy atom. The van der Waals surface area contributed by atoms with Gasteiger partial charge in [0, 0.05) is 8.04 Å². The van der Waals surface area contributed by atoms with Crippen LogP contribution in [0.3, 0.4) is 0 Å². The molecule has 5 nitrogen and oxygen atoms in total. The van der Waals surface area contributed by atoms with Gasteiger partial charge >= 0.3 is 0 Å². The van der Waals surface area contributed by atoms with Crippen molar-refractivity contribution in [1.29, 1.82) is 0 Å². The first-order valence-corrected chi connectivity index (χ1v) is 9.14. The Morgan fingerprint density at radius 2 is 2.04 bits per heavy atom. The lowest BCUT2D eigenvalue weighted by Crippen LogP contribution is -2.32. The summed E-state index contributed by atoms with van der Waals surface area (Å²) in [6.45, 7) is 0.514. The average Bonchev–Trinajstić information content (AvgIpc) is 3.10. The van der Waals surface area contributed by atoms with E-state index in [2.05, 4.69) is 53.9 Å². The Hall–Kier alpha value is -1.74. The van der Waals surface area contributed by atoms with E-state index in [-0.39, 0.29) is 11.9 Å². The van der Waals surface area contributed by atoms with E-state index in [1.807, 2.05) is 48.5 Å². The van der Waals surface area contributed by atoms with E-state index in [4.69, 9.17) is 0 Å². The highest BCUT2D eigenvalue weighted by Crippen LogP contribution is 2.21. The fourth-order valence-electron chi connectivity index (χ4n) is 2.34. The number of nitrogens with zero attached hydrogens (tertiary/aromatic N) is 3. The van der Waals surface area contributed by atoms with Crippen molar-refractivity contribution >= 4 is 44.4 Å². The molecule has 0 saturated carbocycles. The van der Waals surface area contributed by atoms with E-state index in [0.717, 1.165) is 13.6 Å². The topological polar surface area (TPSA) is 59.8 Å². The number of benzene rings is 2. The van der Waals surface area contributed by atoms with Crippen LogP contribution in [0.5, 0.6) is 0 Å². The molecule has 1 atom stereocenters. The van der Waals surface area contributed by atoms with Gasteiger partial charge in [-0.25, -0.2) is 4.98 Å². The highest BCUT2D eigenvalue weighted by molar-refractivity contribution is 14.1. The number of hydrogen-bond acceptors (Lipinski definition) is 3. The molecule has 0 radical (unpaired) electrons. The van der Waals surface area contributed by atoms with Crippen LogP contribution >= 0.6 is 38.5 Å². The van der Waals surface area contributed by atoms with Crippen LogP contribution in [0.4, 0.5) is 0 Å². The van der Waals surface area contributed by atoms with Gasteiger partial charge in [-0.3, -0.25) is 9.48 Å². The van der Waals surface area contributed by atoms with Gasteiger partial charge in [-0.1, -0.05) is 46.3 Å². The van der Waals surface area contributed by atoms with Crippen LogP contribution in [0.25, 0.3) is 0 Å². The van der Waals surface area contributed by atoms with E-state index in [1.54, 1.807) is 11.0 Å². The number of halogens is 2. The molecule has 0 fully saturated rings. The maximum Gasteiger partial charge on any atom is 0.252 e. The second kappa shape index (κ2) is 7.89. The number of rotatable bonds is 5. The van der Waals surface area contributed by atoms with Gasteiger partial charge in [-0.15, -0.1) is 0 Å². The van der Waals surface area contributed by atoms with E-state index in [1.165, 1.54) is 6.33 Å². The van der Waals surface area contributed by atoms with Crippen LogP contribution in [0.15, 0.2) is 65.7 Å². The minimum absolute atomic E-state index is 0.116. The van der Waals surface area contributed by atoms with Crippen molar-refractivity contribution in [2.75, 3.05) is 0 Å². The summed E-state index contributed by atoms with van der Waals surface area (Å²) in [4.78, 5) is 16.7. The second-order valence-electron chi connectivity index (χ2n) is 5.18.